The molecule has 1 heterocycles. The molecule has 2 rings (SSSR count). The van der Waals surface area contributed by atoms with Crippen LogP contribution < -0.4 is 4.57 Å². The zero-order valence-corrected chi connectivity index (χ0v) is 15.6. The van der Waals surface area contributed by atoms with Crippen LogP contribution in [0.2, 0.25) is 0 Å². The lowest BCUT2D eigenvalue weighted by Gasteiger charge is -2.26. The lowest BCUT2D eigenvalue weighted by atomic mass is 9.90. The maximum atomic E-state index is 12.4. The summed E-state index contributed by atoms with van der Waals surface area (Å²) in [6.45, 7) is 10.2. The average Bonchev–Trinajstić information content (AvgIpc) is 2.54. The minimum absolute atomic E-state index is 0.0462. The van der Waals surface area contributed by atoms with Crippen LogP contribution in [-0.4, -0.2) is 17.9 Å². The number of hydrogen-bond donors (Lipinski definition) is 0. The summed E-state index contributed by atoms with van der Waals surface area (Å²) in [5, 5.41) is 0. The zero-order chi connectivity index (χ0) is 18.6. The molecule has 0 unspecified atom stereocenters. The second kappa shape index (κ2) is 7.60. The van der Waals surface area contributed by atoms with Gasteiger partial charge in [0.15, 0.2) is 24.7 Å². The van der Waals surface area contributed by atoms with E-state index in [-0.39, 0.29) is 23.3 Å². The minimum atomic E-state index is -0.304. The van der Waals surface area contributed by atoms with Gasteiger partial charge in [0.2, 0.25) is 0 Å². The standard InChI is InChI=1S/C21H26NO3/c1-15(23)18-9-11-22(12-10-18)14-17-7-6-8-19(13-17)20(24)25-16(2)21(3,4)5/h6-13,16H,14H2,1-5H3/q+1/t16-/m1/s1. The highest BCUT2D eigenvalue weighted by Gasteiger charge is 2.24. The number of Topliss-reactive ketones (excluding diaryl/α,β-unsaturated/α-hetero) is 1. The van der Waals surface area contributed by atoms with Gasteiger partial charge in [-0.05, 0) is 31.4 Å². The predicted molar refractivity (Wildman–Crippen MR) is 96.5 cm³/mol. The first kappa shape index (κ1) is 18.8. The molecule has 1 aromatic carbocycles. The topological polar surface area (TPSA) is 47.2 Å². The van der Waals surface area contributed by atoms with E-state index >= 15 is 0 Å². The number of ketones is 1. The number of pyridine rings is 1. The highest BCUT2D eigenvalue weighted by Crippen LogP contribution is 2.22. The molecule has 4 nitrogen and oxygen atoms in total. The molecule has 0 fully saturated rings. The van der Waals surface area contributed by atoms with Crippen LogP contribution in [0.3, 0.4) is 0 Å². The van der Waals surface area contributed by atoms with Crippen LogP contribution in [0.4, 0.5) is 0 Å². The molecule has 132 valence electrons. The van der Waals surface area contributed by atoms with E-state index in [4.69, 9.17) is 4.74 Å². The first-order valence-electron chi connectivity index (χ1n) is 8.47. The van der Waals surface area contributed by atoms with Gasteiger partial charge >= 0.3 is 5.97 Å². The van der Waals surface area contributed by atoms with Gasteiger partial charge in [-0.1, -0.05) is 32.9 Å². The van der Waals surface area contributed by atoms with Crippen LogP contribution in [0, 0.1) is 5.41 Å². The normalized spacial score (nSPS) is 12.5. The number of aromatic nitrogens is 1. The van der Waals surface area contributed by atoms with E-state index in [1.54, 1.807) is 25.1 Å². The van der Waals surface area contributed by atoms with Crippen LogP contribution in [0.1, 0.15) is 60.9 Å². The Kier molecular flexibility index (Phi) is 5.73. The van der Waals surface area contributed by atoms with Gasteiger partial charge in [0, 0.05) is 23.3 Å². The number of benzene rings is 1. The summed E-state index contributed by atoms with van der Waals surface area (Å²) in [5.41, 5.74) is 2.14. The van der Waals surface area contributed by atoms with Gasteiger partial charge in [-0.3, -0.25) is 4.79 Å². The fourth-order valence-electron chi connectivity index (χ4n) is 2.21. The molecule has 0 bridgehead atoms. The number of esters is 1. The van der Waals surface area contributed by atoms with Gasteiger partial charge in [-0.15, -0.1) is 0 Å². The molecule has 0 aliphatic carbocycles. The third kappa shape index (κ3) is 5.24. The van der Waals surface area contributed by atoms with Crippen molar-refractivity contribution in [3.8, 4) is 0 Å². The monoisotopic (exact) mass is 340 g/mol. The molecule has 25 heavy (non-hydrogen) atoms. The molecule has 0 radical (unpaired) electrons. The summed E-state index contributed by atoms with van der Waals surface area (Å²) in [4.78, 5) is 23.7. The van der Waals surface area contributed by atoms with E-state index in [0.717, 1.165) is 5.56 Å². The van der Waals surface area contributed by atoms with E-state index < -0.39 is 0 Å². The van der Waals surface area contributed by atoms with Crippen molar-refractivity contribution in [2.75, 3.05) is 0 Å². The second-order valence-corrected chi connectivity index (χ2v) is 7.43. The van der Waals surface area contributed by atoms with Gasteiger partial charge < -0.3 is 4.74 Å². The van der Waals surface area contributed by atoms with Crippen molar-refractivity contribution in [2.45, 2.75) is 47.3 Å². The van der Waals surface area contributed by atoms with Crippen LogP contribution >= 0.6 is 0 Å². The van der Waals surface area contributed by atoms with E-state index in [1.165, 1.54) is 0 Å². The Morgan fingerprint density at radius 3 is 2.28 bits per heavy atom. The molecule has 0 N–H and O–H groups in total. The molecule has 0 saturated carbocycles. The largest absolute Gasteiger partial charge is 0.459 e. The van der Waals surface area contributed by atoms with Crippen LogP contribution in [0.5, 0.6) is 0 Å². The summed E-state index contributed by atoms with van der Waals surface area (Å²) in [5.74, 6) is -0.258. The van der Waals surface area contributed by atoms with Crippen molar-refractivity contribution < 1.29 is 18.9 Å². The number of nitrogens with zero attached hydrogens (tertiary/aromatic N) is 1. The van der Waals surface area contributed by atoms with Gasteiger partial charge in [0.05, 0.1) is 5.56 Å². The van der Waals surface area contributed by atoms with Crippen LogP contribution in [0.15, 0.2) is 48.8 Å². The maximum Gasteiger partial charge on any atom is 0.338 e. The summed E-state index contributed by atoms with van der Waals surface area (Å²) >= 11 is 0. The fourth-order valence-corrected chi connectivity index (χ4v) is 2.21. The van der Waals surface area contributed by atoms with Crippen molar-refractivity contribution >= 4 is 11.8 Å². The van der Waals surface area contributed by atoms with Crippen molar-refractivity contribution in [2.24, 2.45) is 5.41 Å². The Labute approximate surface area is 149 Å². The average molecular weight is 340 g/mol. The number of rotatable bonds is 5. The third-order valence-electron chi connectivity index (χ3n) is 4.33. The highest BCUT2D eigenvalue weighted by atomic mass is 16.5. The maximum absolute atomic E-state index is 12.4. The molecule has 1 atom stereocenters. The summed E-state index contributed by atoms with van der Waals surface area (Å²) in [6, 6.07) is 11.0. The van der Waals surface area contributed by atoms with Crippen LogP contribution in [-0.2, 0) is 11.3 Å². The molecular formula is C21H26NO3+. The number of hydrogen-bond acceptors (Lipinski definition) is 3. The molecule has 0 spiro atoms. The van der Waals surface area contributed by atoms with Gasteiger partial charge in [0.1, 0.15) is 6.10 Å². The summed E-state index contributed by atoms with van der Waals surface area (Å²) in [6.07, 6.45) is 3.56. The number of ether oxygens (including phenoxy) is 1. The van der Waals surface area contributed by atoms with E-state index in [9.17, 15) is 9.59 Å². The van der Waals surface area contributed by atoms with Gasteiger partial charge in [-0.25, -0.2) is 9.36 Å². The zero-order valence-electron chi connectivity index (χ0n) is 15.6. The molecule has 0 aliphatic heterocycles. The molecule has 0 saturated heterocycles. The smallest absolute Gasteiger partial charge is 0.338 e. The fraction of sp³-hybridized carbons (Fsp3) is 0.381. The van der Waals surface area contributed by atoms with E-state index in [0.29, 0.717) is 17.7 Å². The molecule has 1 aromatic heterocycles. The van der Waals surface area contributed by atoms with Crippen molar-refractivity contribution in [1.29, 1.82) is 0 Å². The molecule has 0 aliphatic rings. The lowest BCUT2D eigenvalue weighted by Crippen LogP contribution is -2.33. The lowest BCUT2D eigenvalue weighted by molar-refractivity contribution is -0.688. The third-order valence-corrected chi connectivity index (χ3v) is 4.33. The van der Waals surface area contributed by atoms with Gasteiger partial charge in [-0.2, -0.15) is 0 Å². The Bertz CT molecular complexity index is 757. The van der Waals surface area contributed by atoms with Crippen molar-refractivity contribution in [1.82, 2.24) is 0 Å². The predicted octanol–water partition coefficient (Wildman–Crippen LogP) is 3.82. The molecular weight excluding hydrogens is 314 g/mol. The minimum Gasteiger partial charge on any atom is -0.459 e. The number of carbonyl (C=O) groups is 2. The van der Waals surface area contributed by atoms with Crippen molar-refractivity contribution in [3.63, 3.8) is 0 Å². The molecule has 2 aromatic rings. The Morgan fingerprint density at radius 2 is 1.72 bits per heavy atom. The first-order valence-corrected chi connectivity index (χ1v) is 8.47. The molecule has 0 amide bonds. The van der Waals surface area contributed by atoms with E-state index in [1.807, 2.05) is 62.9 Å². The van der Waals surface area contributed by atoms with E-state index in [2.05, 4.69) is 0 Å². The quantitative estimate of drug-likeness (QED) is 0.472. The Balaban J connectivity index is 2.10. The number of carbonyl (C=O) groups excluding carboxylic acids is 2. The Hall–Kier alpha value is -2.49. The van der Waals surface area contributed by atoms with Crippen molar-refractivity contribution in [3.05, 3.63) is 65.5 Å². The van der Waals surface area contributed by atoms with Crippen LogP contribution in [0.25, 0.3) is 0 Å². The second-order valence-electron chi connectivity index (χ2n) is 7.43. The Morgan fingerprint density at radius 1 is 1.08 bits per heavy atom. The van der Waals surface area contributed by atoms with Gasteiger partial charge in [0.25, 0.3) is 0 Å². The summed E-state index contributed by atoms with van der Waals surface area (Å²) in [7, 11) is 0. The highest BCUT2D eigenvalue weighted by molar-refractivity contribution is 5.93. The SMILES string of the molecule is CC(=O)c1cc[n+](Cc2cccc(C(=O)O[C@H](C)C(C)(C)C)c2)cc1. The molecule has 4 heteroatoms. The summed E-state index contributed by atoms with van der Waals surface area (Å²) < 4.78 is 7.53. The first-order chi connectivity index (χ1) is 11.7.